The fourth-order valence-corrected chi connectivity index (χ4v) is 6.99. The highest BCUT2D eigenvalue weighted by molar-refractivity contribution is 5.87. The smallest absolute Gasteiger partial charge is 0.335 e. The predicted molar refractivity (Wildman–Crippen MR) is 107 cm³/mol. The second kappa shape index (κ2) is 6.94. The van der Waals surface area contributed by atoms with E-state index < -0.39 is 17.5 Å². The van der Waals surface area contributed by atoms with Gasteiger partial charge in [0.25, 0.3) is 0 Å². The summed E-state index contributed by atoms with van der Waals surface area (Å²) in [6.45, 7) is 0.628. The molecule has 6 nitrogen and oxygen atoms in total. The number of hydrogen-bond donors (Lipinski definition) is 1. The van der Waals surface area contributed by atoms with Crippen LogP contribution in [0.2, 0.25) is 0 Å². The first-order valence-electron chi connectivity index (χ1n) is 11.6. The van der Waals surface area contributed by atoms with Crippen LogP contribution in [-0.2, 0) is 14.5 Å². The minimum absolute atomic E-state index is 0.274. The maximum absolute atomic E-state index is 11.0. The van der Waals surface area contributed by atoms with Gasteiger partial charge in [0.2, 0.25) is 11.6 Å². The number of hydrogen-bond acceptors (Lipinski definition) is 5. The Morgan fingerprint density at radius 2 is 1.60 bits per heavy atom. The van der Waals surface area contributed by atoms with Crippen LogP contribution >= 0.6 is 0 Å². The third-order valence-electron chi connectivity index (χ3n) is 8.40. The molecular weight excluding hydrogens is 384 g/mol. The number of carbonyl (C=O) groups is 1. The van der Waals surface area contributed by atoms with Gasteiger partial charge in [-0.05, 0) is 87.0 Å². The Balaban J connectivity index is 1.05. The van der Waals surface area contributed by atoms with E-state index in [0.717, 1.165) is 37.5 Å². The highest BCUT2D eigenvalue weighted by Gasteiger charge is 2.66. The highest BCUT2D eigenvalue weighted by Crippen LogP contribution is 2.63. The average molecular weight is 414 g/mol. The van der Waals surface area contributed by atoms with Crippen molar-refractivity contribution in [2.75, 3.05) is 6.61 Å². The minimum Gasteiger partial charge on any atom is -0.493 e. The van der Waals surface area contributed by atoms with Gasteiger partial charge in [0.1, 0.15) is 5.75 Å². The van der Waals surface area contributed by atoms with E-state index in [0.29, 0.717) is 30.1 Å². The fraction of sp³-hybridized carbons (Fsp3) is 0.708. The quantitative estimate of drug-likeness (QED) is 0.715. The van der Waals surface area contributed by atoms with E-state index in [9.17, 15) is 4.79 Å². The molecule has 6 heteroatoms. The maximum atomic E-state index is 11.0. The van der Waals surface area contributed by atoms with Crippen LogP contribution in [0.1, 0.15) is 68.1 Å². The Bertz CT molecular complexity index is 781. The van der Waals surface area contributed by atoms with Gasteiger partial charge in [-0.2, -0.15) is 9.78 Å². The van der Waals surface area contributed by atoms with E-state index in [2.05, 4.69) is 0 Å². The van der Waals surface area contributed by atoms with E-state index in [1.807, 2.05) is 0 Å². The molecule has 4 bridgehead atoms. The zero-order chi connectivity index (χ0) is 20.3. The summed E-state index contributed by atoms with van der Waals surface area (Å²) in [6, 6.07) is 6.60. The van der Waals surface area contributed by atoms with Gasteiger partial charge in [0, 0.05) is 24.7 Å². The van der Waals surface area contributed by atoms with Crippen molar-refractivity contribution in [3.8, 4) is 5.75 Å². The number of carboxylic acid groups (broad SMARTS) is 1. The van der Waals surface area contributed by atoms with Crippen molar-refractivity contribution < 1.29 is 29.1 Å². The lowest BCUT2D eigenvalue weighted by molar-refractivity contribution is -0.390. The van der Waals surface area contributed by atoms with Crippen LogP contribution in [0.25, 0.3) is 0 Å². The van der Waals surface area contributed by atoms with Gasteiger partial charge in [-0.25, -0.2) is 4.79 Å². The molecule has 0 aromatic heterocycles. The number of ether oxygens (including phenoxy) is 2. The van der Waals surface area contributed by atoms with E-state index >= 15 is 0 Å². The predicted octanol–water partition coefficient (Wildman–Crippen LogP) is 4.78. The summed E-state index contributed by atoms with van der Waals surface area (Å²) < 4.78 is 12.7. The molecular formula is C24H30O6. The van der Waals surface area contributed by atoms with E-state index in [1.54, 1.807) is 24.3 Å². The Hall–Kier alpha value is -1.63. The van der Waals surface area contributed by atoms with Gasteiger partial charge in [-0.1, -0.05) is 0 Å². The molecule has 0 unspecified atom stereocenters. The molecule has 0 atom stereocenters. The van der Waals surface area contributed by atoms with E-state index in [-0.39, 0.29) is 5.56 Å². The summed E-state index contributed by atoms with van der Waals surface area (Å²) in [5.74, 6) is 1.93. The Morgan fingerprint density at radius 1 is 0.967 bits per heavy atom. The third kappa shape index (κ3) is 3.07. The van der Waals surface area contributed by atoms with Crippen molar-refractivity contribution in [1.82, 2.24) is 0 Å². The summed E-state index contributed by atoms with van der Waals surface area (Å²) in [6.07, 6.45) is 10.0. The molecule has 162 valence electrons. The lowest BCUT2D eigenvalue weighted by Gasteiger charge is -2.57. The van der Waals surface area contributed by atoms with Crippen LogP contribution in [0.5, 0.6) is 5.75 Å². The molecule has 5 aliphatic carbocycles. The normalized spacial score (nSPS) is 44.1. The van der Waals surface area contributed by atoms with Crippen LogP contribution < -0.4 is 4.74 Å². The Labute approximate surface area is 176 Å². The highest BCUT2D eigenvalue weighted by atomic mass is 17.3. The van der Waals surface area contributed by atoms with Gasteiger partial charge in [0.05, 0.1) is 12.2 Å². The van der Waals surface area contributed by atoms with Crippen LogP contribution in [0.4, 0.5) is 0 Å². The van der Waals surface area contributed by atoms with Gasteiger partial charge >= 0.3 is 5.97 Å². The van der Waals surface area contributed by atoms with Crippen molar-refractivity contribution >= 4 is 5.97 Å². The van der Waals surface area contributed by atoms with Crippen molar-refractivity contribution in [2.24, 2.45) is 29.6 Å². The van der Waals surface area contributed by atoms with Gasteiger partial charge in [-0.3, -0.25) is 0 Å². The summed E-state index contributed by atoms with van der Waals surface area (Å²) in [5.41, 5.74) is 0.274. The molecule has 5 saturated carbocycles. The van der Waals surface area contributed by atoms with Crippen LogP contribution in [-0.4, -0.2) is 29.3 Å². The first kappa shape index (κ1) is 19.1. The lowest BCUT2D eigenvalue weighted by Crippen LogP contribution is -2.59. The number of rotatable bonds is 4. The second-order valence-electron chi connectivity index (χ2n) is 10.3. The summed E-state index contributed by atoms with van der Waals surface area (Å²) in [5, 5.41) is 8.99. The zero-order valence-corrected chi connectivity index (χ0v) is 17.3. The molecule has 1 saturated heterocycles. The van der Waals surface area contributed by atoms with Gasteiger partial charge < -0.3 is 14.6 Å². The van der Waals surface area contributed by atoms with Gasteiger partial charge in [-0.15, -0.1) is 0 Å². The second-order valence-corrected chi connectivity index (χ2v) is 10.3. The molecule has 6 aliphatic rings. The molecule has 7 rings (SSSR count). The SMILES string of the molecule is O=C(O)c1ccc(OCC2CCC3(CC2)OOC2(O3)C3CC4CC(C3)CC2C4)cc1. The molecule has 0 amide bonds. The number of benzene rings is 1. The first-order valence-corrected chi connectivity index (χ1v) is 11.6. The van der Waals surface area contributed by atoms with E-state index in [4.69, 9.17) is 24.4 Å². The molecule has 1 aliphatic heterocycles. The molecule has 2 spiro atoms. The summed E-state index contributed by atoms with van der Waals surface area (Å²) >= 11 is 0. The Morgan fingerprint density at radius 3 is 2.20 bits per heavy atom. The van der Waals surface area contributed by atoms with Crippen molar-refractivity contribution in [3.05, 3.63) is 29.8 Å². The Kier molecular flexibility index (Phi) is 4.41. The molecule has 1 aromatic carbocycles. The van der Waals surface area contributed by atoms with Gasteiger partial charge in [0.15, 0.2) is 0 Å². The van der Waals surface area contributed by atoms with Crippen LogP contribution in [0.15, 0.2) is 24.3 Å². The summed E-state index contributed by atoms with van der Waals surface area (Å²) in [7, 11) is 0. The standard InChI is InChI=1S/C24H30O6/c25-22(26)18-1-3-21(4-2-18)27-14-15-5-7-23(8-6-15)28-24(30-29-23)19-10-16-9-17(12-19)13-20(24)11-16/h1-4,15-17,19-20H,5-14H2,(H,25,26). The van der Waals surface area contributed by atoms with Crippen molar-refractivity contribution in [1.29, 1.82) is 0 Å². The molecule has 6 fully saturated rings. The van der Waals surface area contributed by atoms with Crippen LogP contribution in [0.3, 0.4) is 0 Å². The minimum atomic E-state index is -0.921. The lowest BCUT2D eigenvalue weighted by atomic mass is 9.53. The molecule has 1 N–H and O–H groups in total. The van der Waals surface area contributed by atoms with Crippen LogP contribution in [0, 0.1) is 29.6 Å². The maximum Gasteiger partial charge on any atom is 0.335 e. The number of carboxylic acids is 1. The fourth-order valence-electron chi connectivity index (χ4n) is 6.99. The summed E-state index contributed by atoms with van der Waals surface area (Å²) in [4.78, 5) is 23.1. The average Bonchev–Trinajstić information content (AvgIpc) is 3.12. The zero-order valence-electron chi connectivity index (χ0n) is 17.3. The van der Waals surface area contributed by atoms with Crippen molar-refractivity contribution in [3.63, 3.8) is 0 Å². The third-order valence-corrected chi connectivity index (χ3v) is 8.40. The largest absolute Gasteiger partial charge is 0.493 e. The molecule has 1 heterocycles. The monoisotopic (exact) mass is 414 g/mol. The van der Waals surface area contributed by atoms with E-state index in [1.165, 1.54) is 32.1 Å². The molecule has 1 aromatic rings. The topological polar surface area (TPSA) is 74.2 Å². The van der Waals surface area contributed by atoms with Crippen molar-refractivity contribution in [2.45, 2.75) is 69.4 Å². The first-order chi connectivity index (χ1) is 14.5. The molecule has 30 heavy (non-hydrogen) atoms. The number of aromatic carboxylic acids is 1. The molecule has 0 radical (unpaired) electrons.